The number of nitrogens with one attached hydrogen (secondary N) is 1. The quantitative estimate of drug-likeness (QED) is 0.899. The minimum absolute atomic E-state index is 0.0642. The number of phenolic OH excluding ortho intramolecular Hbond substituents is 1. The number of carbonyl (C=O) groups excluding carboxylic acids is 1. The van der Waals surface area contributed by atoms with Crippen molar-refractivity contribution in [1.82, 2.24) is 5.32 Å². The van der Waals surface area contributed by atoms with Crippen LogP contribution in [0.3, 0.4) is 0 Å². The van der Waals surface area contributed by atoms with E-state index in [9.17, 15) is 18.7 Å². The molecule has 6 heteroatoms. The first-order valence-electron chi connectivity index (χ1n) is 5.68. The molecule has 0 heterocycles. The van der Waals surface area contributed by atoms with Gasteiger partial charge in [0.25, 0.3) is 5.91 Å². The average Bonchev–Trinajstić information content (AvgIpc) is 2.40. The van der Waals surface area contributed by atoms with Crippen molar-refractivity contribution in [2.75, 3.05) is 0 Å². The Morgan fingerprint density at radius 1 is 1.20 bits per heavy atom. The maximum atomic E-state index is 13.4. The fourth-order valence-electron chi connectivity index (χ4n) is 1.60. The minimum atomic E-state index is -0.719. The van der Waals surface area contributed by atoms with Crippen LogP contribution >= 0.6 is 15.9 Å². The second-order valence-corrected chi connectivity index (χ2v) is 4.94. The molecule has 0 bridgehead atoms. The number of aromatic hydroxyl groups is 1. The van der Waals surface area contributed by atoms with E-state index in [1.54, 1.807) is 0 Å². The van der Waals surface area contributed by atoms with Gasteiger partial charge in [0.2, 0.25) is 0 Å². The van der Waals surface area contributed by atoms with Crippen LogP contribution in [0.5, 0.6) is 5.75 Å². The molecule has 0 radical (unpaired) electrons. The summed E-state index contributed by atoms with van der Waals surface area (Å²) < 4.78 is 26.6. The standard InChI is InChI=1S/C14H10BrF2NO2/c15-11-4-2-8(5-13(11)19)14(20)18-7-9-1-3-10(16)6-12(9)17/h1-6,19H,7H2,(H,18,20). The van der Waals surface area contributed by atoms with Crippen LogP contribution in [0.1, 0.15) is 15.9 Å². The number of halogens is 3. The lowest BCUT2D eigenvalue weighted by atomic mass is 10.1. The third kappa shape index (κ3) is 3.33. The zero-order valence-corrected chi connectivity index (χ0v) is 11.7. The molecule has 0 saturated heterocycles. The lowest BCUT2D eigenvalue weighted by Gasteiger charge is -2.07. The topological polar surface area (TPSA) is 49.3 Å². The Kier molecular flexibility index (Phi) is 4.34. The van der Waals surface area contributed by atoms with E-state index in [0.717, 1.165) is 12.1 Å². The summed E-state index contributed by atoms with van der Waals surface area (Å²) in [6, 6.07) is 7.48. The van der Waals surface area contributed by atoms with Gasteiger partial charge in [-0.25, -0.2) is 8.78 Å². The normalized spacial score (nSPS) is 10.3. The van der Waals surface area contributed by atoms with E-state index < -0.39 is 17.5 Å². The first-order valence-corrected chi connectivity index (χ1v) is 6.47. The third-order valence-corrected chi connectivity index (χ3v) is 3.33. The lowest BCUT2D eigenvalue weighted by Crippen LogP contribution is -2.23. The number of phenols is 1. The van der Waals surface area contributed by atoms with Gasteiger partial charge in [0.05, 0.1) is 4.47 Å². The van der Waals surface area contributed by atoms with E-state index >= 15 is 0 Å². The van der Waals surface area contributed by atoms with E-state index in [2.05, 4.69) is 21.2 Å². The van der Waals surface area contributed by atoms with Gasteiger partial charge in [0.1, 0.15) is 17.4 Å². The van der Waals surface area contributed by atoms with Gasteiger partial charge in [-0.2, -0.15) is 0 Å². The molecule has 0 saturated carbocycles. The summed E-state index contributed by atoms with van der Waals surface area (Å²) >= 11 is 3.10. The average molecular weight is 342 g/mol. The Balaban J connectivity index is 2.06. The van der Waals surface area contributed by atoms with Crippen molar-refractivity contribution in [3.63, 3.8) is 0 Å². The summed E-state index contributed by atoms with van der Waals surface area (Å²) in [4.78, 5) is 11.8. The Morgan fingerprint density at radius 3 is 2.60 bits per heavy atom. The second kappa shape index (κ2) is 6.00. The number of carbonyl (C=O) groups is 1. The summed E-state index contributed by atoms with van der Waals surface area (Å²) in [5.74, 6) is -1.92. The molecule has 2 N–H and O–H groups in total. The SMILES string of the molecule is O=C(NCc1ccc(F)cc1F)c1ccc(Br)c(O)c1. The first-order chi connectivity index (χ1) is 9.47. The van der Waals surface area contributed by atoms with Gasteiger partial charge >= 0.3 is 0 Å². The van der Waals surface area contributed by atoms with Gasteiger partial charge in [0, 0.05) is 23.7 Å². The minimum Gasteiger partial charge on any atom is -0.507 e. The maximum absolute atomic E-state index is 13.4. The molecule has 3 nitrogen and oxygen atoms in total. The summed E-state index contributed by atoms with van der Waals surface area (Å²) in [6.07, 6.45) is 0. The predicted octanol–water partition coefficient (Wildman–Crippen LogP) is 3.36. The fourth-order valence-corrected chi connectivity index (χ4v) is 1.84. The highest BCUT2D eigenvalue weighted by atomic mass is 79.9. The molecule has 20 heavy (non-hydrogen) atoms. The molecule has 2 aromatic carbocycles. The van der Waals surface area contributed by atoms with Gasteiger partial charge < -0.3 is 10.4 Å². The molecular weight excluding hydrogens is 332 g/mol. The Labute approximate surface area is 122 Å². The number of hydrogen-bond acceptors (Lipinski definition) is 2. The van der Waals surface area contributed by atoms with Gasteiger partial charge in [0.15, 0.2) is 0 Å². The van der Waals surface area contributed by atoms with Crippen LogP contribution in [0, 0.1) is 11.6 Å². The predicted molar refractivity (Wildman–Crippen MR) is 73.3 cm³/mol. The van der Waals surface area contributed by atoms with Crippen molar-refractivity contribution in [3.8, 4) is 5.75 Å². The van der Waals surface area contributed by atoms with Gasteiger partial charge in [-0.05, 0) is 40.2 Å². The first kappa shape index (κ1) is 14.5. The molecule has 0 spiro atoms. The zero-order valence-electron chi connectivity index (χ0n) is 10.2. The van der Waals surface area contributed by atoms with Crippen LogP contribution in [-0.4, -0.2) is 11.0 Å². The van der Waals surface area contributed by atoms with Crippen molar-refractivity contribution in [1.29, 1.82) is 0 Å². The Hall–Kier alpha value is -1.95. The molecule has 104 valence electrons. The highest BCUT2D eigenvalue weighted by Crippen LogP contribution is 2.24. The van der Waals surface area contributed by atoms with Crippen molar-refractivity contribution in [3.05, 3.63) is 63.6 Å². The molecule has 2 rings (SSSR count). The summed E-state index contributed by atoms with van der Waals surface area (Å²) in [7, 11) is 0. The number of rotatable bonds is 3. The van der Waals surface area contributed by atoms with E-state index in [1.807, 2.05) is 0 Å². The van der Waals surface area contributed by atoms with Crippen molar-refractivity contribution < 1.29 is 18.7 Å². The highest BCUT2D eigenvalue weighted by molar-refractivity contribution is 9.10. The maximum Gasteiger partial charge on any atom is 0.251 e. The summed E-state index contributed by atoms with van der Waals surface area (Å²) in [5, 5.41) is 12.0. The highest BCUT2D eigenvalue weighted by Gasteiger charge is 2.10. The molecule has 0 fully saturated rings. The molecule has 2 aromatic rings. The van der Waals surface area contributed by atoms with Crippen LogP contribution in [0.25, 0.3) is 0 Å². The van der Waals surface area contributed by atoms with Gasteiger partial charge in [-0.1, -0.05) is 6.07 Å². The van der Waals surface area contributed by atoms with Crippen molar-refractivity contribution >= 4 is 21.8 Å². The van der Waals surface area contributed by atoms with E-state index in [4.69, 9.17) is 0 Å². The second-order valence-electron chi connectivity index (χ2n) is 4.08. The molecule has 0 aliphatic rings. The van der Waals surface area contributed by atoms with E-state index in [1.165, 1.54) is 24.3 Å². The molecule has 0 unspecified atom stereocenters. The Morgan fingerprint density at radius 2 is 1.95 bits per heavy atom. The smallest absolute Gasteiger partial charge is 0.251 e. The van der Waals surface area contributed by atoms with Crippen molar-refractivity contribution in [2.24, 2.45) is 0 Å². The zero-order chi connectivity index (χ0) is 14.7. The fraction of sp³-hybridized carbons (Fsp3) is 0.0714. The van der Waals surface area contributed by atoms with Crippen LogP contribution in [0.2, 0.25) is 0 Å². The van der Waals surface area contributed by atoms with E-state index in [0.29, 0.717) is 4.47 Å². The molecule has 0 aliphatic carbocycles. The number of amides is 1. The van der Waals surface area contributed by atoms with Gasteiger partial charge in [-0.3, -0.25) is 4.79 Å². The van der Waals surface area contributed by atoms with Crippen LogP contribution < -0.4 is 5.32 Å². The molecule has 0 aliphatic heterocycles. The van der Waals surface area contributed by atoms with Crippen molar-refractivity contribution in [2.45, 2.75) is 6.54 Å². The van der Waals surface area contributed by atoms with E-state index in [-0.39, 0.29) is 23.4 Å². The Bertz CT molecular complexity index is 662. The van der Waals surface area contributed by atoms with Gasteiger partial charge in [-0.15, -0.1) is 0 Å². The number of benzene rings is 2. The lowest BCUT2D eigenvalue weighted by molar-refractivity contribution is 0.0950. The van der Waals surface area contributed by atoms with Crippen LogP contribution in [-0.2, 0) is 6.54 Å². The third-order valence-electron chi connectivity index (χ3n) is 2.66. The molecular formula is C14H10BrF2NO2. The summed E-state index contributed by atoms with van der Waals surface area (Å²) in [6.45, 7) is -0.0677. The monoisotopic (exact) mass is 341 g/mol. The molecule has 1 amide bonds. The molecule has 0 atom stereocenters. The number of hydrogen-bond donors (Lipinski definition) is 2. The van der Waals surface area contributed by atoms with Crippen LogP contribution in [0.15, 0.2) is 40.9 Å². The largest absolute Gasteiger partial charge is 0.507 e. The molecule has 0 aromatic heterocycles. The van der Waals surface area contributed by atoms with Crippen LogP contribution in [0.4, 0.5) is 8.78 Å². The summed E-state index contributed by atoms with van der Waals surface area (Å²) in [5.41, 5.74) is 0.425.